The van der Waals surface area contributed by atoms with Gasteiger partial charge in [0.15, 0.2) is 0 Å². The molecule has 2 aromatic rings. The fourth-order valence-electron chi connectivity index (χ4n) is 2.75. The Hall–Kier alpha value is -1.95. The number of hydrogen-bond acceptors (Lipinski definition) is 5. The lowest BCUT2D eigenvalue weighted by molar-refractivity contribution is 0.180. The van der Waals surface area contributed by atoms with Crippen molar-refractivity contribution in [3.8, 4) is 0 Å². The van der Waals surface area contributed by atoms with E-state index in [1.54, 1.807) is 0 Å². The average molecular weight is 286 g/mol. The number of aryl methyl sites for hydroxylation is 2. The number of rotatable bonds is 3. The molecule has 0 spiro atoms. The summed E-state index contributed by atoms with van der Waals surface area (Å²) in [6.45, 7) is 8.18. The molecule has 2 aromatic heterocycles. The Kier molecular flexibility index (Phi) is 3.88. The minimum atomic E-state index is 0.476. The standard InChI is InChI=1S/C15H22N6/c1-12-6-16-15(17-7-12)21-5-4-20(13(2)9-21)11-14-8-18-19(3)10-14/h6-8,10,13H,4-5,9,11H2,1-3H3. The van der Waals surface area contributed by atoms with Crippen molar-refractivity contribution in [3.05, 3.63) is 35.9 Å². The van der Waals surface area contributed by atoms with E-state index in [0.717, 1.165) is 37.7 Å². The second-order valence-electron chi connectivity index (χ2n) is 5.85. The van der Waals surface area contributed by atoms with Crippen LogP contribution in [0.15, 0.2) is 24.8 Å². The first-order chi connectivity index (χ1) is 10.1. The molecule has 1 fully saturated rings. The molecule has 3 rings (SSSR count). The zero-order valence-corrected chi connectivity index (χ0v) is 12.9. The molecule has 6 nitrogen and oxygen atoms in total. The number of piperazine rings is 1. The summed E-state index contributed by atoms with van der Waals surface area (Å²) in [7, 11) is 1.96. The van der Waals surface area contributed by atoms with E-state index in [1.165, 1.54) is 5.56 Å². The number of hydrogen-bond donors (Lipinski definition) is 0. The van der Waals surface area contributed by atoms with E-state index in [4.69, 9.17) is 0 Å². The van der Waals surface area contributed by atoms with Crippen LogP contribution in [-0.2, 0) is 13.6 Å². The quantitative estimate of drug-likeness (QED) is 0.849. The highest BCUT2D eigenvalue weighted by Crippen LogP contribution is 2.17. The van der Waals surface area contributed by atoms with Crippen LogP contribution in [-0.4, -0.2) is 50.3 Å². The predicted octanol–water partition coefficient (Wildman–Crippen LogP) is 1.23. The first kappa shape index (κ1) is 14.0. The molecule has 0 radical (unpaired) electrons. The maximum Gasteiger partial charge on any atom is 0.225 e. The Morgan fingerprint density at radius 2 is 1.95 bits per heavy atom. The molecule has 0 aromatic carbocycles. The summed E-state index contributed by atoms with van der Waals surface area (Å²) in [6.07, 6.45) is 7.80. The van der Waals surface area contributed by atoms with E-state index >= 15 is 0 Å². The van der Waals surface area contributed by atoms with Gasteiger partial charge in [0, 0.05) is 63.4 Å². The first-order valence-corrected chi connectivity index (χ1v) is 7.37. The lowest BCUT2D eigenvalue weighted by atomic mass is 10.1. The van der Waals surface area contributed by atoms with Gasteiger partial charge in [0.1, 0.15) is 0 Å². The van der Waals surface area contributed by atoms with E-state index in [2.05, 4.69) is 38.0 Å². The number of nitrogens with zero attached hydrogens (tertiary/aromatic N) is 6. The molecule has 1 aliphatic heterocycles. The molecular weight excluding hydrogens is 264 g/mol. The topological polar surface area (TPSA) is 50.1 Å². The second kappa shape index (κ2) is 5.81. The van der Waals surface area contributed by atoms with Gasteiger partial charge in [-0.1, -0.05) is 0 Å². The molecule has 0 saturated carbocycles. The third-order valence-corrected chi connectivity index (χ3v) is 3.96. The highest BCUT2D eigenvalue weighted by Gasteiger charge is 2.25. The van der Waals surface area contributed by atoms with Crippen LogP contribution in [0, 0.1) is 6.92 Å². The zero-order chi connectivity index (χ0) is 14.8. The largest absolute Gasteiger partial charge is 0.338 e. The summed E-state index contributed by atoms with van der Waals surface area (Å²) >= 11 is 0. The Morgan fingerprint density at radius 1 is 1.19 bits per heavy atom. The lowest BCUT2D eigenvalue weighted by Gasteiger charge is -2.39. The summed E-state index contributed by atoms with van der Waals surface area (Å²) in [5.41, 5.74) is 2.37. The van der Waals surface area contributed by atoms with Crippen LogP contribution in [0.4, 0.5) is 5.95 Å². The SMILES string of the molecule is Cc1cnc(N2CCN(Cc3cnn(C)c3)C(C)C2)nc1. The number of anilines is 1. The van der Waals surface area contributed by atoms with E-state index in [9.17, 15) is 0 Å². The summed E-state index contributed by atoms with van der Waals surface area (Å²) < 4.78 is 1.86. The summed E-state index contributed by atoms with van der Waals surface area (Å²) in [6, 6.07) is 0.476. The molecule has 0 aliphatic carbocycles. The van der Waals surface area contributed by atoms with Crippen molar-refractivity contribution >= 4 is 5.95 Å². The Morgan fingerprint density at radius 3 is 2.57 bits per heavy atom. The summed E-state index contributed by atoms with van der Waals surface area (Å²) in [4.78, 5) is 13.6. The number of aromatic nitrogens is 4. The van der Waals surface area contributed by atoms with Crippen LogP contribution in [0.5, 0.6) is 0 Å². The monoisotopic (exact) mass is 286 g/mol. The molecule has 1 aliphatic rings. The first-order valence-electron chi connectivity index (χ1n) is 7.37. The summed E-state index contributed by atoms with van der Waals surface area (Å²) in [5.74, 6) is 0.841. The molecule has 21 heavy (non-hydrogen) atoms. The van der Waals surface area contributed by atoms with E-state index < -0.39 is 0 Å². The van der Waals surface area contributed by atoms with Gasteiger partial charge >= 0.3 is 0 Å². The molecule has 1 unspecified atom stereocenters. The third-order valence-electron chi connectivity index (χ3n) is 3.96. The van der Waals surface area contributed by atoms with E-state index in [1.807, 2.05) is 37.2 Å². The minimum Gasteiger partial charge on any atom is -0.338 e. The predicted molar refractivity (Wildman–Crippen MR) is 82.1 cm³/mol. The van der Waals surface area contributed by atoms with Crippen molar-refractivity contribution in [2.24, 2.45) is 7.05 Å². The van der Waals surface area contributed by atoms with Gasteiger partial charge < -0.3 is 4.90 Å². The van der Waals surface area contributed by atoms with E-state index in [0.29, 0.717) is 6.04 Å². The molecular formula is C15H22N6. The average Bonchev–Trinajstić information content (AvgIpc) is 2.87. The Labute approximate surface area is 125 Å². The highest BCUT2D eigenvalue weighted by molar-refractivity contribution is 5.31. The molecule has 6 heteroatoms. The maximum atomic E-state index is 4.43. The Balaban J connectivity index is 1.62. The van der Waals surface area contributed by atoms with Gasteiger partial charge in [-0.25, -0.2) is 9.97 Å². The van der Waals surface area contributed by atoms with Gasteiger partial charge in [0.2, 0.25) is 5.95 Å². The van der Waals surface area contributed by atoms with Crippen LogP contribution in [0.2, 0.25) is 0 Å². The molecule has 1 atom stereocenters. The van der Waals surface area contributed by atoms with Gasteiger partial charge in [-0.05, 0) is 19.4 Å². The summed E-state index contributed by atoms with van der Waals surface area (Å²) in [5, 5.41) is 4.24. The van der Waals surface area contributed by atoms with Crippen molar-refractivity contribution in [2.75, 3.05) is 24.5 Å². The maximum absolute atomic E-state index is 4.43. The Bertz CT molecular complexity index is 590. The van der Waals surface area contributed by atoms with Gasteiger partial charge in [-0.3, -0.25) is 9.58 Å². The van der Waals surface area contributed by atoms with Gasteiger partial charge in [0.25, 0.3) is 0 Å². The normalized spacial score (nSPS) is 20.0. The molecule has 1 saturated heterocycles. The zero-order valence-electron chi connectivity index (χ0n) is 12.9. The fraction of sp³-hybridized carbons (Fsp3) is 0.533. The molecule has 3 heterocycles. The van der Waals surface area contributed by atoms with Crippen LogP contribution >= 0.6 is 0 Å². The van der Waals surface area contributed by atoms with Gasteiger partial charge in [-0.2, -0.15) is 5.10 Å². The van der Waals surface area contributed by atoms with E-state index in [-0.39, 0.29) is 0 Å². The molecule has 0 N–H and O–H groups in total. The highest BCUT2D eigenvalue weighted by atomic mass is 15.3. The van der Waals surface area contributed by atoms with Crippen molar-refractivity contribution < 1.29 is 0 Å². The van der Waals surface area contributed by atoms with Crippen LogP contribution < -0.4 is 4.90 Å². The molecule has 112 valence electrons. The van der Waals surface area contributed by atoms with Crippen LogP contribution in [0.25, 0.3) is 0 Å². The van der Waals surface area contributed by atoms with Gasteiger partial charge in [0.05, 0.1) is 6.20 Å². The van der Waals surface area contributed by atoms with Crippen molar-refractivity contribution in [3.63, 3.8) is 0 Å². The molecule has 0 amide bonds. The smallest absolute Gasteiger partial charge is 0.225 e. The van der Waals surface area contributed by atoms with Crippen molar-refractivity contribution in [1.29, 1.82) is 0 Å². The van der Waals surface area contributed by atoms with Crippen molar-refractivity contribution in [2.45, 2.75) is 26.4 Å². The second-order valence-corrected chi connectivity index (χ2v) is 5.85. The van der Waals surface area contributed by atoms with Crippen LogP contribution in [0.1, 0.15) is 18.1 Å². The van der Waals surface area contributed by atoms with Gasteiger partial charge in [-0.15, -0.1) is 0 Å². The third kappa shape index (κ3) is 3.21. The lowest BCUT2D eigenvalue weighted by Crippen LogP contribution is -2.51. The fourth-order valence-corrected chi connectivity index (χ4v) is 2.75. The minimum absolute atomic E-state index is 0.476. The molecule has 0 bridgehead atoms. The van der Waals surface area contributed by atoms with Crippen LogP contribution in [0.3, 0.4) is 0 Å². The van der Waals surface area contributed by atoms with Crippen molar-refractivity contribution in [1.82, 2.24) is 24.6 Å².